The molecule has 1 aromatic carbocycles. The highest BCUT2D eigenvalue weighted by molar-refractivity contribution is 5.93. The van der Waals surface area contributed by atoms with E-state index in [0.717, 1.165) is 17.0 Å². The molecule has 3 rings (SSSR count). The summed E-state index contributed by atoms with van der Waals surface area (Å²) in [5.41, 5.74) is 2.70. The summed E-state index contributed by atoms with van der Waals surface area (Å²) in [6.07, 6.45) is 0. The van der Waals surface area contributed by atoms with Gasteiger partial charge in [0.2, 0.25) is 0 Å². The average molecular weight is 296 g/mol. The molecule has 0 radical (unpaired) electrons. The first-order valence-electron chi connectivity index (χ1n) is 6.96. The van der Waals surface area contributed by atoms with E-state index in [1.807, 2.05) is 54.6 Å². The number of pyridine rings is 1. The molecule has 0 aliphatic rings. The fourth-order valence-electron chi connectivity index (χ4n) is 2.42. The van der Waals surface area contributed by atoms with Crippen molar-refractivity contribution < 1.29 is 14.6 Å². The lowest BCUT2D eigenvalue weighted by atomic mass is 10.2. The van der Waals surface area contributed by atoms with E-state index in [1.165, 1.54) is 0 Å². The Labute approximate surface area is 127 Å². The van der Waals surface area contributed by atoms with E-state index in [9.17, 15) is 9.90 Å². The van der Waals surface area contributed by atoms with E-state index >= 15 is 0 Å². The first-order chi connectivity index (χ1) is 10.6. The molecule has 0 saturated carbocycles. The zero-order valence-electron chi connectivity index (χ0n) is 12.4. The Hall–Kier alpha value is -2.82. The van der Waals surface area contributed by atoms with Gasteiger partial charge in [-0.3, -0.25) is 4.40 Å². The van der Waals surface area contributed by atoms with Crippen LogP contribution >= 0.6 is 0 Å². The molecule has 0 amide bonds. The third kappa shape index (κ3) is 2.53. The van der Waals surface area contributed by atoms with Crippen LogP contribution in [0.25, 0.3) is 5.52 Å². The summed E-state index contributed by atoms with van der Waals surface area (Å²) in [4.78, 5) is 15.6. The van der Waals surface area contributed by atoms with E-state index in [2.05, 4.69) is 4.98 Å². The molecule has 5 heteroatoms. The normalized spacial score (nSPS) is 10.8. The van der Waals surface area contributed by atoms with Crippen LogP contribution in [-0.2, 0) is 6.61 Å². The van der Waals surface area contributed by atoms with Crippen LogP contribution in [0.1, 0.15) is 27.6 Å². The Bertz CT molecular complexity index is 835. The third-order valence-electron chi connectivity index (χ3n) is 3.52. The van der Waals surface area contributed by atoms with E-state index in [4.69, 9.17) is 4.74 Å². The molecule has 0 unspecified atom stereocenters. The van der Waals surface area contributed by atoms with Crippen LogP contribution in [-0.4, -0.2) is 20.5 Å². The molecule has 0 aliphatic heterocycles. The molecule has 1 N–H and O–H groups in total. The molecule has 0 aliphatic carbocycles. The lowest BCUT2D eigenvalue weighted by Crippen LogP contribution is -2.03. The van der Waals surface area contributed by atoms with Crippen LogP contribution in [0.2, 0.25) is 0 Å². The Kier molecular flexibility index (Phi) is 3.55. The number of aryl methyl sites for hydroxylation is 2. The van der Waals surface area contributed by atoms with Gasteiger partial charge >= 0.3 is 5.97 Å². The van der Waals surface area contributed by atoms with Crippen molar-refractivity contribution in [2.75, 3.05) is 0 Å². The smallest absolute Gasteiger partial charge is 0.356 e. The minimum Gasteiger partial charge on any atom is -0.486 e. The van der Waals surface area contributed by atoms with Crippen LogP contribution in [0.15, 0.2) is 42.5 Å². The molecule has 2 aromatic heterocycles. The molecule has 0 saturated heterocycles. The van der Waals surface area contributed by atoms with E-state index in [0.29, 0.717) is 11.3 Å². The molecule has 112 valence electrons. The molecule has 2 heterocycles. The van der Waals surface area contributed by atoms with Crippen LogP contribution in [0.4, 0.5) is 0 Å². The zero-order chi connectivity index (χ0) is 15.7. The standard InChI is InChI=1S/C17H16N2O3/c1-11-6-8-13(9-7-11)22-10-15-18-16(17(20)21)14-5-3-4-12(2)19(14)15/h3-9H,10H2,1-2H3,(H,20,21). The maximum Gasteiger partial charge on any atom is 0.356 e. The van der Waals surface area contributed by atoms with Crippen molar-refractivity contribution in [3.05, 3.63) is 65.2 Å². The number of carboxylic acids is 1. The minimum atomic E-state index is -1.04. The Morgan fingerprint density at radius 3 is 2.59 bits per heavy atom. The van der Waals surface area contributed by atoms with E-state index in [-0.39, 0.29) is 12.3 Å². The van der Waals surface area contributed by atoms with Crippen molar-refractivity contribution in [2.45, 2.75) is 20.5 Å². The summed E-state index contributed by atoms with van der Waals surface area (Å²) < 4.78 is 7.54. The largest absolute Gasteiger partial charge is 0.486 e. The van der Waals surface area contributed by atoms with E-state index < -0.39 is 5.97 Å². The number of aromatic carboxylic acids is 1. The number of nitrogens with zero attached hydrogens (tertiary/aromatic N) is 2. The highest BCUT2D eigenvalue weighted by Gasteiger charge is 2.17. The average Bonchev–Trinajstić information content (AvgIpc) is 2.87. The molecule has 0 fully saturated rings. The van der Waals surface area contributed by atoms with Gasteiger partial charge in [0.15, 0.2) is 11.5 Å². The van der Waals surface area contributed by atoms with Crippen molar-refractivity contribution in [1.82, 2.24) is 9.38 Å². The van der Waals surface area contributed by atoms with Gasteiger partial charge in [0.1, 0.15) is 12.4 Å². The molecule has 0 spiro atoms. The van der Waals surface area contributed by atoms with Gasteiger partial charge < -0.3 is 9.84 Å². The highest BCUT2D eigenvalue weighted by Crippen LogP contribution is 2.18. The molecule has 0 bridgehead atoms. The quantitative estimate of drug-likeness (QED) is 0.803. The lowest BCUT2D eigenvalue weighted by Gasteiger charge is -2.07. The minimum absolute atomic E-state index is 0.0474. The number of carboxylic acid groups (broad SMARTS) is 1. The second-order valence-corrected chi connectivity index (χ2v) is 5.17. The predicted molar refractivity (Wildman–Crippen MR) is 82.4 cm³/mol. The van der Waals surface area contributed by atoms with Gasteiger partial charge in [-0.15, -0.1) is 0 Å². The van der Waals surface area contributed by atoms with Crippen LogP contribution in [0.3, 0.4) is 0 Å². The fourth-order valence-corrected chi connectivity index (χ4v) is 2.42. The van der Waals surface area contributed by atoms with Gasteiger partial charge in [-0.05, 0) is 38.1 Å². The number of ether oxygens (including phenoxy) is 1. The topological polar surface area (TPSA) is 63.8 Å². The number of imidazole rings is 1. The van der Waals surface area contributed by atoms with Crippen LogP contribution < -0.4 is 4.74 Å². The first kappa shape index (κ1) is 14.1. The maximum atomic E-state index is 11.3. The predicted octanol–water partition coefficient (Wildman–Crippen LogP) is 3.23. The summed E-state index contributed by atoms with van der Waals surface area (Å²) >= 11 is 0. The zero-order valence-corrected chi connectivity index (χ0v) is 12.4. The van der Waals surface area contributed by atoms with Gasteiger partial charge in [-0.25, -0.2) is 9.78 Å². The lowest BCUT2D eigenvalue weighted by molar-refractivity contribution is 0.0693. The number of hydrogen-bond acceptors (Lipinski definition) is 3. The highest BCUT2D eigenvalue weighted by atomic mass is 16.5. The number of fused-ring (bicyclic) bond motifs is 1. The van der Waals surface area contributed by atoms with Gasteiger partial charge in [0.05, 0.1) is 5.52 Å². The Morgan fingerprint density at radius 1 is 1.18 bits per heavy atom. The van der Waals surface area contributed by atoms with Gasteiger partial charge in [0, 0.05) is 5.69 Å². The van der Waals surface area contributed by atoms with Gasteiger partial charge in [-0.1, -0.05) is 23.8 Å². The molecule has 22 heavy (non-hydrogen) atoms. The van der Waals surface area contributed by atoms with Gasteiger partial charge in [-0.2, -0.15) is 0 Å². The SMILES string of the molecule is Cc1ccc(OCc2nc(C(=O)O)c3cccc(C)n23)cc1. The Balaban J connectivity index is 1.96. The first-order valence-corrected chi connectivity index (χ1v) is 6.96. The number of carbonyl (C=O) groups is 1. The number of rotatable bonds is 4. The molecular formula is C17H16N2O3. The third-order valence-corrected chi connectivity index (χ3v) is 3.52. The van der Waals surface area contributed by atoms with Crippen LogP contribution in [0, 0.1) is 13.8 Å². The second kappa shape index (κ2) is 5.52. The molecule has 3 aromatic rings. The van der Waals surface area contributed by atoms with Crippen molar-refractivity contribution in [1.29, 1.82) is 0 Å². The summed E-state index contributed by atoms with van der Waals surface area (Å²) in [7, 11) is 0. The number of aromatic nitrogens is 2. The van der Waals surface area contributed by atoms with Crippen molar-refractivity contribution in [3.63, 3.8) is 0 Å². The summed E-state index contributed by atoms with van der Waals surface area (Å²) in [6, 6.07) is 13.2. The molecule has 0 atom stereocenters. The summed E-state index contributed by atoms with van der Waals surface area (Å²) in [5.74, 6) is 0.267. The van der Waals surface area contributed by atoms with Crippen molar-refractivity contribution in [3.8, 4) is 5.75 Å². The number of benzene rings is 1. The second-order valence-electron chi connectivity index (χ2n) is 5.17. The Morgan fingerprint density at radius 2 is 1.91 bits per heavy atom. The van der Waals surface area contributed by atoms with E-state index in [1.54, 1.807) is 6.07 Å². The molecule has 5 nitrogen and oxygen atoms in total. The van der Waals surface area contributed by atoms with Crippen molar-refractivity contribution in [2.24, 2.45) is 0 Å². The fraction of sp³-hybridized carbons (Fsp3) is 0.176. The van der Waals surface area contributed by atoms with Crippen molar-refractivity contribution >= 4 is 11.5 Å². The van der Waals surface area contributed by atoms with Crippen LogP contribution in [0.5, 0.6) is 5.75 Å². The summed E-state index contributed by atoms with van der Waals surface area (Å²) in [5, 5.41) is 9.29. The molecular weight excluding hydrogens is 280 g/mol. The summed E-state index contributed by atoms with van der Waals surface area (Å²) in [6.45, 7) is 4.13. The maximum absolute atomic E-state index is 11.3. The van der Waals surface area contributed by atoms with Gasteiger partial charge in [0.25, 0.3) is 0 Å². The number of hydrogen-bond donors (Lipinski definition) is 1. The monoisotopic (exact) mass is 296 g/mol.